The molecule has 0 saturated heterocycles. The molecule has 0 bridgehead atoms. The molecule has 0 aromatic rings. The van der Waals surface area contributed by atoms with Gasteiger partial charge in [0.15, 0.2) is 0 Å². The van der Waals surface area contributed by atoms with Crippen LogP contribution in [0.1, 0.15) is 19.3 Å². The number of carboxylic acids is 1. The quantitative estimate of drug-likeness (QED) is 0.462. The fourth-order valence-electron chi connectivity index (χ4n) is 0.442. The van der Waals surface area contributed by atoms with Gasteiger partial charge in [-0.2, -0.15) is 0 Å². The summed E-state index contributed by atoms with van der Waals surface area (Å²) in [5.41, 5.74) is 0. The standard InChI is InChI=1S/C8H8O2/c1-2-3-4-5-6-7-8(9)10/h1H,5-7H2,(H,9,10). The number of unbranched alkanes of at least 4 members (excludes halogenated alkanes) is 1. The molecule has 0 amide bonds. The fourth-order valence-corrected chi connectivity index (χ4v) is 0.442. The maximum absolute atomic E-state index is 9.94. The van der Waals surface area contributed by atoms with Gasteiger partial charge in [0.25, 0.3) is 0 Å². The average Bonchev–Trinajstić information content (AvgIpc) is 1.87. The van der Waals surface area contributed by atoms with Crippen LogP contribution in [0.2, 0.25) is 0 Å². The summed E-state index contributed by atoms with van der Waals surface area (Å²) in [6.07, 6.45) is 6.14. The van der Waals surface area contributed by atoms with E-state index in [1.165, 1.54) is 0 Å². The third kappa shape index (κ3) is 6.59. The molecular weight excluding hydrogens is 128 g/mol. The summed E-state index contributed by atoms with van der Waals surface area (Å²) in [5.74, 6) is 6.41. The average molecular weight is 136 g/mol. The number of hydrogen-bond donors (Lipinski definition) is 1. The van der Waals surface area contributed by atoms with Crippen molar-refractivity contribution < 1.29 is 9.90 Å². The second kappa shape index (κ2) is 5.72. The maximum Gasteiger partial charge on any atom is 0.303 e. The van der Waals surface area contributed by atoms with Gasteiger partial charge in [-0.15, -0.1) is 6.42 Å². The molecule has 0 aliphatic carbocycles. The predicted octanol–water partition coefficient (Wildman–Crippen LogP) is 0.878. The molecule has 0 atom stereocenters. The molecule has 0 aliphatic rings. The Hall–Kier alpha value is -1.41. The second-order valence-electron chi connectivity index (χ2n) is 1.69. The Bertz CT molecular complexity index is 200. The van der Waals surface area contributed by atoms with E-state index in [-0.39, 0.29) is 6.42 Å². The zero-order chi connectivity index (χ0) is 7.82. The van der Waals surface area contributed by atoms with E-state index in [0.717, 1.165) is 0 Å². The number of hydrogen-bond acceptors (Lipinski definition) is 1. The Labute approximate surface area is 60.2 Å². The lowest BCUT2D eigenvalue weighted by Gasteiger charge is -1.86. The van der Waals surface area contributed by atoms with Crippen LogP contribution in [0.5, 0.6) is 0 Å². The highest BCUT2D eigenvalue weighted by Gasteiger charge is 1.92. The van der Waals surface area contributed by atoms with Crippen LogP contribution in [0.4, 0.5) is 0 Å². The summed E-state index contributed by atoms with van der Waals surface area (Å²) in [5, 5.41) is 8.18. The molecular formula is C8H8O2. The van der Waals surface area contributed by atoms with Crippen molar-refractivity contribution in [1.82, 2.24) is 0 Å². The van der Waals surface area contributed by atoms with Gasteiger partial charge in [-0.05, 0) is 18.3 Å². The highest BCUT2D eigenvalue weighted by molar-refractivity contribution is 5.66. The van der Waals surface area contributed by atoms with Crippen molar-refractivity contribution in [3.63, 3.8) is 0 Å². The molecule has 2 nitrogen and oxygen atoms in total. The maximum atomic E-state index is 9.94. The molecule has 0 aromatic carbocycles. The second-order valence-corrected chi connectivity index (χ2v) is 1.69. The largest absolute Gasteiger partial charge is 0.481 e. The molecule has 0 spiro atoms. The lowest BCUT2D eigenvalue weighted by Crippen LogP contribution is -1.92. The Balaban J connectivity index is 3.23. The van der Waals surface area contributed by atoms with Gasteiger partial charge in [0.05, 0.1) is 0 Å². The Kier molecular flexibility index (Phi) is 4.91. The molecule has 0 rings (SSSR count). The fraction of sp³-hybridized carbons (Fsp3) is 0.375. The van der Waals surface area contributed by atoms with Crippen molar-refractivity contribution in [2.45, 2.75) is 19.3 Å². The first-order chi connectivity index (χ1) is 4.77. The Morgan fingerprint density at radius 3 is 2.80 bits per heavy atom. The zero-order valence-corrected chi connectivity index (χ0v) is 5.55. The molecule has 0 unspecified atom stereocenters. The summed E-state index contributed by atoms with van der Waals surface area (Å²) in [7, 11) is 0. The van der Waals surface area contributed by atoms with E-state index < -0.39 is 5.97 Å². The minimum atomic E-state index is -0.789. The minimum absolute atomic E-state index is 0.166. The van der Waals surface area contributed by atoms with Gasteiger partial charge in [0.2, 0.25) is 0 Å². The summed E-state index contributed by atoms with van der Waals surface area (Å²) in [4.78, 5) is 9.94. The molecule has 0 heterocycles. The molecule has 52 valence electrons. The molecule has 2 heteroatoms. The first-order valence-electron chi connectivity index (χ1n) is 2.92. The SMILES string of the molecule is C#CC#CCCCC(=O)O. The van der Waals surface area contributed by atoms with Crippen LogP contribution in [0.3, 0.4) is 0 Å². The van der Waals surface area contributed by atoms with E-state index >= 15 is 0 Å². The summed E-state index contributed by atoms with van der Waals surface area (Å²) >= 11 is 0. The van der Waals surface area contributed by atoms with Gasteiger partial charge < -0.3 is 5.11 Å². The first kappa shape index (κ1) is 8.59. The number of carboxylic acid groups (broad SMARTS) is 1. The van der Waals surface area contributed by atoms with Gasteiger partial charge in [-0.3, -0.25) is 4.79 Å². The van der Waals surface area contributed by atoms with Crippen LogP contribution >= 0.6 is 0 Å². The molecule has 1 N–H and O–H groups in total. The van der Waals surface area contributed by atoms with Crippen molar-refractivity contribution in [2.75, 3.05) is 0 Å². The van der Waals surface area contributed by atoms with E-state index in [2.05, 4.69) is 17.8 Å². The highest BCUT2D eigenvalue weighted by Crippen LogP contribution is 1.92. The number of rotatable bonds is 3. The smallest absolute Gasteiger partial charge is 0.303 e. The van der Waals surface area contributed by atoms with Gasteiger partial charge >= 0.3 is 5.97 Å². The molecule has 0 radical (unpaired) electrons. The molecule has 10 heavy (non-hydrogen) atoms. The van der Waals surface area contributed by atoms with Crippen LogP contribution in [0.25, 0.3) is 0 Å². The van der Waals surface area contributed by atoms with Gasteiger partial charge in [0, 0.05) is 12.8 Å². The van der Waals surface area contributed by atoms with Crippen LogP contribution < -0.4 is 0 Å². The van der Waals surface area contributed by atoms with Crippen LogP contribution in [0, 0.1) is 24.2 Å². The third-order valence-corrected chi connectivity index (χ3v) is 0.853. The summed E-state index contributed by atoms with van der Waals surface area (Å²) in [6.45, 7) is 0. The Morgan fingerprint density at radius 1 is 1.60 bits per heavy atom. The van der Waals surface area contributed by atoms with E-state index in [1.807, 2.05) is 0 Å². The molecule has 0 aromatic heterocycles. The van der Waals surface area contributed by atoms with Crippen molar-refractivity contribution in [1.29, 1.82) is 0 Å². The van der Waals surface area contributed by atoms with Crippen molar-refractivity contribution >= 4 is 5.97 Å². The summed E-state index contributed by atoms with van der Waals surface area (Å²) in [6, 6.07) is 0. The molecule has 0 fully saturated rings. The number of terminal acetylenes is 1. The Morgan fingerprint density at radius 2 is 2.30 bits per heavy atom. The van der Waals surface area contributed by atoms with Crippen LogP contribution in [-0.2, 0) is 4.79 Å². The van der Waals surface area contributed by atoms with Crippen molar-refractivity contribution in [2.24, 2.45) is 0 Å². The van der Waals surface area contributed by atoms with E-state index in [9.17, 15) is 4.79 Å². The predicted molar refractivity (Wildman–Crippen MR) is 38.1 cm³/mol. The highest BCUT2D eigenvalue weighted by atomic mass is 16.4. The molecule has 0 aliphatic heterocycles. The van der Waals surface area contributed by atoms with Gasteiger partial charge in [-0.1, -0.05) is 5.92 Å². The number of carbonyl (C=O) groups is 1. The lowest BCUT2D eigenvalue weighted by molar-refractivity contribution is -0.137. The van der Waals surface area contributed by atoms with Crippen molar-refractivity contribution in [3.8, 4) is 24.2 Å². The first-order valence-corrected chi connectivity index (χ1v) is 2.92. The van der Waals surface area contributed by atoms with Gasteiger partial charge in [0.1, 0.15) is 0 Å². The van der Waals surface area contributed by atoms with Crippen molar-refractivity contribution in [3.05, 3.63) is 0 Å². The van der Waals surface area contributed by atoms with E-state index in [4.69, 9.17) is 11.5 Å². The zero-order valence-electron chi connectivity index (χ0n) is 5.55. The monoisotopic (exact) mass is 136 g/mol. The van der Waals surface area contributed by atoms with Crippen LogP contribution in [-0.4, -0.2) is 11.1 Å². The normalized spacial score (nSPS) is 7.10. The van der Waals surface area contributed by atoms with E-state index in [0.29, 0.717) is 12.8 Å². The topological polar surface area (TPSA) is 37.3 Å². The molecule has 0 saturated carbocycles. The lowest BCUT2D eigenvalue weighted by atomic mass is 10.2. The summed E-state index contributed by atoms with van der Waals surface area (Å²) < 4.78 is 0. The van der Waals surface area contributed by atoms with Crippen LogP contribution in [0.15, 0.2) is 0 Å². The number of aliphatic carboxylic acids is 1. The van der Waals surface area contributed by atoms with Gasteiger partial charge in [-0.25, -0.2) is 0 Å². The minimum Gasteiger partial charge on any atom is -0.481 e. The van der Waals surface area contributed by atoms with E-state index in [1.54, 1.807) is 0 Å². The third-order valence-electron chi connectivity index (χ3n) is 0.853.